The van der Waals surface area contributed by atoms with Gasteiger partial charge in [-0.25, -0.2) is 4.98 Å². The Kier molecular flexibility index (Phi) is 4.57. The molecule has 1 aromatic heterocycles. The Morgan fingerprint density at radius 2 is 2.00 bits per heavy atom. The quantitative estimate of drug-likeness (QED) is 0.911. The second-order valence-electron chi connectivity index (χ2n) is 7.01. The van der Waals surface area contributed by atoms with Gasteiger partial charge < -0.3 is 14.6 Å². The Bertz CT molecular complexity index is 750. The van der Waals surface area contributed by atoms with Gasteiger partial charge in [0.1, 0.15) is 11.5 Å². The molecule has 2 heterocycles. The lowest BCUT2D eigenvalue weighted by Gasteiger charge is -2.21. The molecule has 1 fully saturated rings. The number of hydrogen-bond acceptors (Lipinski definition) is 3. The lowest BCUT2D eigenvalue weighted by molar-refractivity contribution is 0.0701. The highest BCUT2D eigenvalue weighted by molar-refractivity contribution is 5.94. The van der Waals surface area contributed by atoms with Crippen LogP contribution in [0, 0.1) is 0 Å². The van der Waals surface area contributed by atoms with Gasteiger partial charge in [0, 0.05) is 24.7 Å². The molecule has 2 aliphatic rings. The molecule has 5 nitrogen and oxygen atoms in total. The van der Waals surface area contributed by atoms with Crippen LogP contribution < -0.4 is 0 Å². The normalized spacial score (nSPS) is 17.0. The average molecular weight is 339 g/mol. The first-order valence-corrected chi connectivity index (χ1v) is 9.36. The number of benzene rings is 1. The number of amides is 1. The van der Waals surface area contributed by atoms with Crippen molar-refractivity contribution in [1.82, 2.24) is 14.5 Å². The standard InChI is InChI=1S/C20H25N3O2/c24-14-13-22(16-10-11-16)20(25)18-17-9-5-2-6-12-23(17)19(21-18)15-7-3-1-4-8-15/h1,3-4,7-8,16,24H,2,5-6,9-14H2. The van der Waals surface area contributed by atoms with E-state index in [2.05, 4.69) is 16.7 Å². The molecule has 0 atom stereocenters. The molecule has 1 saturated carbocycles. The number of rotatable bonds is 5. The van der Waals surface area contributed by atoms with Crippen LogP contribution in [0.3, 0.4) is 0 Å². The van der Waals surface area contributed by atoms with E-state index in [9.17, 15) is 9.90 Å². The molecule has 0 unspecified atom stereocenters. The van der Waals surface area contributed by atoms with Crippen LogP contribution in [0.5, 0.6) is 0 Å². The Hall–Kier alpha value is -2.14. The van der Waals surface area contributed by atoms with Crippen LogP contribution in [-0.2, 0) is 13.0 Å². The lowest BCUT2D eigenvalue weighted by Crippen LogP contribution is -2.36. The molecule has 1 N–H and O–H groups in total. The Morgan fingerprint density at radius 3 is 2.72 bits per heavy atom. The van der Waals surface area contributed by atoms with E-state index in [0.29, 0.717) is 12.2 Å². The van der Waals surface area contributed by atoms with Crippen molar-refractivity contribution in [3.8, 4) is 11.4 Å². The second-order valence-corrected chi connectivity index (χ2v) is 7.01. The molecule has 2 aromatic rings. The van der Waals surface area contributed by atoms with E-state index >= 15 is 0 Å². The monoisotopic (exact) mass is 339 g/mol. The van der Waals surface area contributed by atoms with Crippen molar-refractivity contribution in [2.24, 2.45) is 0 Å². The summed E-state index contributed by atoms with van der Waals surface area (Å²) in [5.74, 6) is 0.893. The molecule has 1 aliphatic carbocycles. The van der Waals surface area contributed by atoms with E-state index in [0.717, 1.165) is 55.7 Å². The predicted octanol–water partition coefficient (Wildman–Crippen LogP) is 2.87. The minimum Gasteiger partial charge on any atom is -0.395 e. The average Bonchev–Trinajstić information content (AvgIpc) is 3.45. The summed E-state index contributed by atoms with van der Waals surface area (Å²) in [6, 6.07) is 10.4. The van der Waals surface area contributed by atoms with Gasteiger partial charge in [-0.05, 0) is 32.1 Å². The molecular formula is C20H25N3O2. The molecule has 1 amide bonds. The van der Waals surface area contributed by atoms with Gasteiger partial charge >= 0.3 is 0 Å². The molecule has 0 radical (unpaired) electrons. The van der Waals surface area contributed by atoms with Crippen molar-refractivity contribution < 1.29 is 9.90 Å². The fourth-order valence-corrected chi connectivity index (χ4v) is 3.78. The van der Waals surface area contributed by atoms with Crippen LogP contribution in [0.1, 0.15) is 48.3 Å². The molecular weight excluding hydrogens is 314 g/mol. The number of imidazole rings is 1. The zero-order chi connectivity index (χ0) is 17.2. The van der Waals surface area contributed by atoms with E-state index in [1.807, 2.05) is 23.1 Å². The van der Waals surface area contributed by atoms with E-state index in [4.69, 9.17) is 4.98 Å². The van der Waals surface area contributed by atoms with Crippen molar-refractivity contribution in [2.45, 2.75) is 51.1 Å². The molecule has 0 spiro atoms. The van der Waals surface area contributed by atoms with Gasteiger partial charge in [0.05, 0.1) is 12.3 Å². The molecule has 1 aliphatic heterocycles. The van der Waals surface area contributed by atoms with Gasteiger partial charge in [0.25, 0.3) is 5.91 Å². The number of carbonyl (C=O) groups excluding carboxylic acids is 1. The number of aromatic nitrogens is 2. The SMILES string of the molecule is O=C(c1nc(-c2ccccc2)n2c1CCCCC2)N(CCO)C1CC1. The van der Waals surface area contributed by atoms with Gasteiger partial charge in [0.15, 0.2) is 0 Å². The Balaban J connectivity index is 1.77. The summed E-state index contributed by atoms with van der Waals surface area (Å²) < 4.78 is 2.25. The van der Waals surface area contributed by atoms with Crippen molar-refractivity contribution in [3.63, 3.8) is 0 Å². The highest BCUT2D eigenvalue weighted by Crippen LogP contribution is 2.31. The zero-order valence-electron chi connectivity index (χ0n) is 14.5. The Morgan fingerprint density at radius 1 is 1.20 bits per heavy atom. The topological polar surface area (TPSA) is 58.4 Å². The van der Waals surface area contributed by atoms with Gasteiger partial charge in [-0.3, -0.25) is 4.79 Å². The highest BCUT2D eigenvalue weighted by atomic mass is 16.3. The van der Waals surface area contributed by atoms with Crippen LogP contribution >= 0.6 is 0 Å². The first-order valence-electron chi connectivity index (χ1n) is 9.36. The van der Waals surface area contributed by atoms with Gasteiger partial charge in [-0.1, -0.05) is 36.8 Å². The molecule has 0 bridgehead atoms. The second kappa shape index (κ2) is 7.00. The van der Waals surface area contributed by atoms with Crippen LogP contribution in [0.4, 0.5) is 0 Å². The van der Waals surface area contributed by atoms with Gasteiger partial charge in [-0.15, -0.1) is 0 Å². The zero-order valence-corrected chi connectivity index (χ0v) is 14.5. The molecule has 25 heavy (non-hydrogen) atoms. The fraction of sp³-hybridized carbons (Fsp3) is 0.500. The highest BCUT2D eigenvalue weighted by Gasteiger charge is 2.35. The predicted molar refractivity (Wildman–Crippen MR) is 96.4 cm³/mol. The molecule has 132 valence electrons. The third-order valence-corrected chi connectivity index (χ3v) is 5.19. The molecule has 4 rings (SSSR count). The van der Waals surface area contributed by atoms with Crippen molar-refractivity contribution >= 4 is 5.91 Å². The van der Waals surface area contributed by atoms with Crippen LogP contribution in [0.25, 0.3) is 11.4 Å². The van der Waals surface area contributed by atoms with Crippen LogP contribution in [0.2, 0.25) is 0 Å². The minimum absolute atomic E-state index is 0.00379. The molecule has 0 saturated heterocycles. The van der Waals surface area contributed by atoms with Gasteiger partial charge in [-0.2, -0.15) is 0 Å². The number of hydrogen-bond donors (Lipinski definition) is 1. The maximum atomic E-state index is 13.2. The van der Waals surface area contributed by atoms with Crippen molar-refractivity contribution in [3.05, 3.63) is 41.7 Å². The first kappa shape index (κ1) is 16.3. The van der Waals surface area contributed by atoms with E-state index in [1.165, 1.54) is 6.42 Å². The smallest absolute Gasteiger partial charge is 0.274 e. The van der Waals surface area contributed by atoms with E-state index in [1.54, 1.807) is 0 Å². The number of carbonyl (C=O) groups is 1. The largest absolute Gasteiger partial charge is 0.395 e. The number of aliphatic hydroxyl groups excluding tert-OH is 1. The summed E-state index contributed by atoms with van der Waals surface area (Å²) in [4.78, 5) is 19.8. The summed E-state index contributed by atoms with van der Waals surface area (Å²) in [5, 5.41) is 9.36. The molecule has 1 aromatic carbocycles. The maximum Gasteiger partial charge on any atom is 0.274 e. The lowest BCUT2D eigenvalue weighted by atomic mass is 10.1. The van der Waals surface area contributed by atoms with Crippen molar-refractivity contribution in [2.75, 3.05) is 13.2 Å². The molecule has 5 heteroatoms. The summed E-state index contributed by atoms with van der Waals surface area (Å²) in [6.07, 6.45) is 6.38. The number of fused-ring (bicyclic) bond motifs is 1. The third kappa shape index (κ3) is 3.21. The van der Waals surface area contributed by atoms with Gasteiger partial charge in [0.2, 0.25) is 0 Å². The third-order valence-electron chi connectivity index (χ3n) is 5.19. The summed E-state index contributed by atoms with van der Waals surface area (Å²) in [5.41, 5.74) is 2.73. The fourth-order valence-electron chi connectivity index (χ4n) is 3.78. The van der Waals surface area contributed by atoms with Crippen LogP contribution in [-0.4, -0.2) is 44.7 Å². The van der Waals surface area contributed by atoms with Crippen molar-refractivity contribution in [1.29, 1.82) is 0 Å². The summed E-state index contributed by atoms with van der Waals surface area (Å²) in [6.45, 7) is 1.32. The summed E-state index contributed by atoms with van der Waals surface area (Å²) >= 11 is 0. The Labute approximate surface area is 148 Å². The van der Waals surface area contributed by atoms with E-state index < -0.39 is 0 Å². The number of nitrogens with zero attached hydrogens (tertiary/aromatic N) is 3. The van der Waals surface area contributed by atoms with Crippen LogP contribution in [0.15, 0.2) is 30.3 Å². The summed E-state index contributed by atoms with van der Waals surface area (Å²) in [7, 11) is 0. The first-order chi connectivity index (χ1) is 12.3. The number of aliphatic hydroxyl groups is 1. The van der Waals surface area contributed by atoms with E-state index in [-0.39, 0.29) is 18.6 Å². The maximum absolute atomic E-state index is 13.2. The minimum atomic E-state index is -0.00983.